The quantitative estimate of drug-likeness (QED) is 0.198. The number of hydrazine groups is 1. The van der Waals surface area contributed by atoms with Gasteiger partial charge >= 0.3 is 6.03 Å². The Morgan fingerprint density at radius 1 is 0.871 bits per heavy atom. The molecule has 18 heteroatoms. The smallest absolute Gasteiger partial charge is 0.343 e. The van der Waals surface area contributed by atoms with Gasteiger partial charge in [0.1, 0.15) is 5.82 Å². The van der Waals surface area contributed by atoms with Crippen LogP contribution in [0.25, 0.3) is 11.1 Å². The van der Waals surface area contributed by atoms with E-state index in [1.165, 1.54) is 22.3 Å². The van der Waals surface area contributed by atoms with Crippen molar-refractivity contribution in [3.05, 3.63) is 118 Å². The van der Waals surface area contributed by atoms with Crippen molar-refractivity contribution in [2.45, 2.75) is 69.9 Å². The maximum absolute atomic E-state index is 16.0. The predicted molar refractivity (Wildman–Crippen MR) is 222 cm³/mol. The van der Waals surface area contributed by atoms with Crippen LogP contribution in [-0.2, 0) is 35.6 Å². The van der Waals surface area contributed by atoms with E-state index >= 15 is 4.39 Å². The van der Waals surface area contributed by atoms with Crippen molar-refractivity contribution in [3.63, 3.8) is 0 Å². The SMILES string of the molecule is O=C1CCN(N2C(=O)c3ccc(CN4C5CCC4CN(c4ccc(-c6cc(F)c7c(c6)C(=O)N(C(C(=O)Nc6nccs6)c6ncn8c6CCC8)C7)cc4)C5)cc3C2=O)C(=O)N1. The van der Waals surface area contributed by atoms with E-state index in [-0.39, 0.29) is 53.8 Å². The molecule has 5 aromatic rings. The highest BCUT2D eigenvalue weighted by molar-refractivity contribution is 7.13. The summed E-state index contributed by atoms with van der Waals surface area (Å²) in [5.41, 5.74) is 5.58. The van der Waals surface area contributed by atoms with Crippen molar-refractivity contribution in [2.24, 2.45) is 0 Å². The molecule has 8 heterocycles. The van der Waals surface area contributed by atoms with Crippen molar-refractivity contribution >= 4 is 57.7 Å². The Morgan fingerprint density at radius 3 is 2.42 bits per heavy atom. The summed E-state index contributed by atoms with van der Waals surface area (Å²) in [6.07, 6.45) is 6.94. The van der Waals surface area contributed by atoms with Crippen LogP contribution in [0.15, 0.2) is 72.5 Å². The number of nitrogens with one attached hydrogen (secondary N) is 2. The molecule has 3 saturated heterocycles. The van der Waals surface area contributed by atoms with Gasteiger partial charge < -0.3 is 14.4 Å². The summed E-state index contributed by atoms with van der Waals surface area (Å²) in [6, 6.07) is 15.0. The number of piperazine rings is 1. The maximum atomic E-state index is 16.0. The predicted octanol–water partition coefficient (Wildman–Crippen LogP) is 4.73. The fourth-order valence-electron chi connectivity index (χ4n) is 10.0. The molecule has 62 heavy (non-hydrogen) atoms. The summed E-state index contributed by atoms with van der Waals surface area (Å²) in [4.78, 5) is 93.8. The van der Waals surface area contributed by atoms with E-state index in [4.69, 9.17) is 0 Å². The number of thiazole rings is 1. The van der Waals surface area contributed by atoms with E-state index in [1.54, 1.807) is 36.1 Å². The molecule has 0 spiro atoms. The number of imidazole rings is 1. The molecule has 3 atom stereocenters. The molecule has 16 nitrogen and oxygen atoms in total. The molecule has 0 saturated carbocycles. The third-order valence-corrected chi connectivity index (χ3v) is 13.7. The summed E-state index contributed by atoms with van der Waals surface area (Å²) in [7, 11) is 0. The van der Waals surface area contributed by atoms with Gasteiger partial charge in [-0.1, -0.05) is 18.2 Å². The normalized spacial score (nSPS) is 21.1. The molecule has 6 aliphatic heterocycles. The molecule has 3 fully saturated rings. The number of aryl methyl sites for hydroxylation is 1. The molecular formula is C44H39FN10O6S. The van der Waals surface area contributed by atoms with Crippen molar-refractivity contribution in [1.82, 2.24) is 39.7 Å². The number of fused-ring (bicyclic) bond motifs is 5. The lowest BCUT2D eigenvalue weighted by Gasteiger charge is -2.42. The zero-order valence-corrected chi connectivity index (χ0v) is 34.1. The zero-order valence-electron chi connectivity index (χ0n) is 33.3. The van der Waals surface area contributed by atoms with Gasteiger partial charge in [-0.2, -0.15) is 5.01 Å². The number of hydrogen-bond donors (Lipinski definition) is 2. The monoisotopic (exact) mass is 854 g/mol. The van der Waals surface area contributed by atoms with Gasteiger partial charge in [0.2, 0.25) is 5.91 Å². The number of carbonyl (C=O) groups excluding carboxylic acids is 6. The number of carbonyl (C=O) groups is 6. The first kappa shape index (κ1) is 38.2. The first-order valence-electron chi connectivity index (χ1n) is 20.7. The van der Waals surface area contributed by atoms with Crippen LogP contribution < -0.4 is 15.5 Å². The number of urea groups is 1. The van der Waals surface area contributed by atoms with Crippen molar-refractivity contribution in [3.8, 4) is 11.1 Å². The van der Waals surface area contributed by atoms with Gasteiger partial charge in [-0.05, 0) is 78.8 Å². The lowest BCUT2D eigenvalue weighted by atomic mass is 9.99. The Labute approximate surface area is 357 Å². The number of anilines is 2. The van der Waals surface area contributed by atoms with Crippen LogP contribution in [0.2, 0.25) is 0 Å². The third-order valence-electron chi connectivity index (χ3n) is 13.1. The van der Waals surface area contributed by atoms with E-state index in [0.29, 0.717) is 22.9 Å². The largest absolute Gasteiger partial charge is 0.368 e. The number of imide groups is 2. The highest BCUT2D eigenvalue weighted by Gasteiger charge is 2.45. The van der Waals surface area contributed by atoms with Gasteiger partial charge in [-0.15, -0.1) is 11.3 Å². The van der Waals surface area contributed by atoms with E-state index in [1.807, 2.05) is 34.9 Å². The van der Waals surface area contributed by atoms with E-state index in [2.05, 4.69) is 30.4 Å². The third kappa shape index (κ3) is 6.26. The second kappa shape index (κ2) is 14.7. The van der Waals surface area contributed by atoms with Crippen molar-refractivity contribution in [1.29, 1.82) is 0 Å². The van der Waals surface area contributed by atoms with Gasteiger partial charge in [0, 0.05) is 78.8 Å². The van der Waals surface area contributed by atoms with E-state index in [9.17, 15) is 28.8 Å². The number of amides is 7. The molecule has 0 aliphatic carbocycles. The van der Waals surface area contributed by atoms with Crippen molar-refractivity contribution < 1.29 is 33.2 Å². The summed E-state index contributed by atoms with van der Waals surface area (Å²) in [5, 5.41) is 8.98. The first-order valence-corrected chi connectivity index (χ1v) is 21.6. The number of rotatable bonds is 9. The maximum Gasteiger partial charge on any atom is 0.343 e. The fraction of sp³-hybridized carbons (Fsp3) is 0.318. The van der Waals surface area contributed by atoms with Gasteiger partial charge in [-0.3, -0.25) is 39.5 Å². The molecule has 11 rings (SSSR count). The van der Waals surface area contributed by atoms with Crippen LogP contribution in [-0.4, -0.2) is 102 Å². The van der Waals surface area contributed by atoms with E-state index in [0.717, 1.165) is 77.8 Å². The van der Waals surface area contributed by atoms with Crippen LogP contribution >= 0.6 is 11.3 Å². The summed E-state index contributed by atoms with van der Waals surface area (Å²) in [5.74, 6) is -3.02. The Hall–Kier alpha value is -6.79. The molecule has 7 amide bonds. The summed E-state index contributed by atoms with van der Waals surface area (Å²) in [6.45, 7) is 2.82. The zero-order chi connectivity index (χ0) is 42.4. The molecule has 2 N–H and O–H groups in total. The molecule has 314 valence electrons. The number of benzene rings is 3. The lowest BCUT2D eigenvalue weighted by Crippen LogP contribution is -2.58. The highest BCUT2D eigenvalue weighted by Crippen LogP contribution is 2.39. The topological polar surface area (TPSA) is 173 Å². The Balaban J connectivity index is 0.778. The number of aromatic nitrogens is 3. The molecule has 6 aliphatic rings. The first-order chi connectivity index (χ1) is 30.1. The summed E-state index contributed by atoms with van der Waals surface area (Å²) < 4.78 is 18.0. The van der Waals surface area contributed by atoms with Crippen LogP contribution in [0.5, 0.6) is 0 Å². The van der Waals surface area contributed by atoms with Gasteiger partial charge in [0.05, 0.1) is 36.2 Å². The van der Waals surface area contributed by atoms with Gasteiger partial charge in [0.15, 0.2) is 11.2 Å². The average Bonchev–Trinajstić information content (AvgIpc) is 4.13. The molecule has 3 unspecified atom stereocenters. The second-order valence-electron chi connectivity index (χ2n) is 16.6. The molecule has 2 aromatic heterocycles. The van der Waals surface area contributed by atoms with Crippen molar-refractivity contribution in [2.75, 3.05) is 29.9 Å². The van der Waals surface area contributed by atoms with Crippen LogP contribution in [0.4, 0.5) is 20.0 Å². The number of hydrogen-bond acceptors (Lipinski definition) is 11. The standard InChI is InChI=1S/C44H39FN10O6S/c45-34-18-26(17-32-33(34)22-53(40(32)58)38(39(57)49-43-46-12-15-62-43)37-35-2-1-13-50(35)23-47-37)25-4-6-27(7-5-25)51-20-28-8-9-29(21-51)52(28)19-24-3-10-30-31(16-24)42(60)55(41(30)59)54-14-11-36(56)48-44(54)61/h3-7,10,12,15-18,23,28-29,38H,1-2,8-9,11,13-14,19-22H2,(H,46,49,57)(H,48,56,61). The van der Waals surface area contributed by atoms with Crippen LogP contribution in [0, 0.1) is 5.82 Å². The highest BCUT2D eigenvalue weighted by atomic mass is 32.1. The molecule has 2 bridgehead atoms. The van der Waals surface area contributed by atoms with E-state index < -0.39 is 47.4 Å². The fourth-order valence-corrected chi connectivity index (χ4v) is 10.6. The molecule has 3 aromatic carbocycles. The average molecular weight is 855 g/mol. The lowest BCUT2D eigenvalue weighted by molar-refractivity contribution is -0.123. The Morgan fingerprint density at radius 2 is 1.66 bits per heavy atom. The second-order valence-corrected chi connectivity index (χ2v) is 17.5. The molecule has 0 radical (unpaired) electrons. The molecular weight excluding hydrogens is 816 g/mol. The van der Waals surface area contributed by atoms with Crippen LogP contribution in [0.3, 0.4) is 0 Å². The Bertz CT molecular complexity index is 2730. The van der Waals surface area contributed by atoms with Gasteiger partial charge in [-0.25, -0.2) is 24.2 Å². The minimum absolute atomic E-state index is 0.00592. The minimum Gasteiger partial charge on any atom is -0.368 e. The summed E-state index contributed by atoms with van der Waals surface area (Å²) >= 11 is 1.27. The van der Waals surface area contributed by atoms with Gasteiger partial charge in [0.25, 0.3) is 23.6 Å². The number of nitrogens with zero attached hydrogens (tertiary/aromatic N) is 8. The Kier molecular flexibility index (Phi) is 9.04. The minimum atomic E-state index is -1.06. The number of halogens is 1. The van der Waals surface area contributed by atoms with Crippen LogP contribution in [0.1, 0.15) is 85.3 Å².